The first-order valence-corrected chi connectivity index (χ1v) is 12.7. The smallest absolute Gasteiger partial charge is 0.261 e. The second kappa shape index (κ2) is 11.2. The Bertz CT molecular complexity index is 1660. The predicted octanol–water partition coefficient (Wildman–Crippen LogP) is 6.93. The molecular formula is C31H24BrN3O2. The van der Waals surface area contributed by atoms with Gasteiger partial charge in [0.15, 0.2) is 0 Å². The molecule has 1 amide bonds. The van der Waals surface area contributed by atoms with E-state index in [4.69, 9.17) is 4.74 Å². The number of halogens is 1. The molecule has 0 bridgehead atoms. The molecule has 0 radical (unpaired) electrons. The first-order valence-electron chi connectivity index (χ1n) is 12.0. The molecule has 0 aliphatic heterocycles. The third kappa shape index (κ3) is 5.74. The molecule has 0 aliphatic carbocycles. The van der Waals surface area contributed by atoms with Gasteiger partial charge in [0, 0.05) is 33.7 Å². The summed E-state index contributed by atoms with van der Waals surface area (Å²) in [5.41, 5.74) is 3.89. The Morgan fingerprint density at radius 3 is 2.68 bits per heavy atom. The van der Waals surface area contributed by atoms with Crippen LogP contribution in [0.25, 0.3) is 27.8 Å². The maximum absolute atomic E-state index is 12.8. The lowest BCUT2D eigenvalue weighted by atomic mass is 10.1. The number of hydrogen-bond donors (Lipinski definition) is 2. The van der Waals surface area contributed by atoms with Crippen molar-refractivity contribution in [2.45, 2.75) is 13.0 Å². The van der Waals surface area contributed by atoms with Crippen LogP contribution in [0.5, 0.6) is 5.75 Å². The number of para-hydroxylation sites is 1. The molecule has 0 aliphatic rings. The monoisotopic (exact) mass is 549 g/mol. The van der Waals surface area contributed by atoms with Gasteiger partial charge in [0.05, 0.1) is 0 Å². The van der Waals surface area contributed by atoms with E-state index in [1.165, 1.54) is 5.39 Å². The van der Waals surface area contributed by atoms with Crippen LogP contribution < -0.4 is 10.1 Å². The van der Waals surface area contributed by atoms with Crippen LogP contribution in [0.4, 0.5) is 0 Å². The van der Waals surface area contributed by atoms with E-state index in [2.05, 4.69) is 56.6 Å². The Kier molecular flexibility index (Phi) is 7.34. The van der Waals surface area contributed by atoms with E-state index in [1.54, 1.807) is 6.08 Å². The number of rotatable bonds is 8. The van der Waals surface area contributed by atoms with E-state index in [9.17, 15) is 10.1 Å². The number of fused-ring (bicyclic) bond motifs is 2. The Labute approximate surface area is 223 Å². The highest BCUT2D eigenvalue weighted by Crippen LogP contribution is 2.27. The van der Waals surface area contributed by atoms with Crippen molar-refractivity contribution in [3.63, 3.8) is 0 Å². The van der Waals surface area contributed by atoms with E-state index in [0.717, 1.165) is 31.9 Å². The van der Waals surface area contributed by atoms with E-state index in [0.29, 0.717) is 30.9 Å². The maximum atomic E-state index is 12.8. The SMILES string of the molecule is N#C/C(=C/c1cc(Br)ccc1OCc1ccc2ccccc2c1)C(=O)NCCc1c[nH]c2ccccc12. The van der Waals surface area contributed by atoms with Gasteiger partial charge in [-0.15, -0.1) is 0 Å². The van der Waals surface area contributed by atoms with Gasteiger partial charge >= 0.3 is 0 Å². The number of aromatic amines is 1. The molecule has 0 saturated carbocycles. The summed E-state index contributed by atoms with van der Waals surface area (Å²) in [5.74, 6) is 0.179. The number of ether oxygens (including phenoxy) is 1. The molecule has 2 N–H and O–H groups in total. The van der Waals surface area contributed by atoms with Crippen molar-refractivity contribution in [1.82, 2.24) is 10.3 Å². The largest absolute Gasteiger partial charge is 0.488 e. The van der Waals surface area contributed by atoms with Crippen LogP contribution in [0, 0.1) is 11.3 Å². The van der Waals surface area contributed by atoms with Crippen molar-refractivity contribution in [1.29, 1.82) is 5.26 Å². The highest BCUT2D eigenvalue weighted by Gasteiger charge is 2.12. The van der Waals surface area contributed by atoms with E-state index in [1.807, 2.05) is 66.9 Å². The van der Waals surface area contributed by atoms with Crippen molar-refractivity contribution in [3.05, 3.63) is 118 Å². The summed E-state index contributed by atoms with van der Waals surface area (Å²) in [6.45, 7) is 0.787. The van der Waals surface area contributed by atoms with Crippen molar-refractivity contribution in [2.24, 2.45) is 0 Å². The number of nitrogens with zero attached hydrogens (tertiary/aromatic N) is 1. The minimum Gasteiger partial charge on any atom is -0.488 e. The zero-order valence-electron chi connectivity index (χ0n) is 20.0. The van der Waals surface area contributed by atoms with Crippen molar-refractivity contribution in [3.8, 4) is 11.8 Å². The molecule has 5 aromatic rings. The number of amides is 1. The molecule has 0 saturated heterocycles. The molecule has 5 nitrogen and oxygen atoms in total. The van der Waals surface area contributed by atoms with Crippen molar-refractivity contribution in [2.75, 3.05) is 6.54 Å². The lowest BCUT2D eigenvalue weighted by molar-refractivity contribution is -0.117. The maximum Gasteiger partial charge on any atom is 0.261 e. The van der Waals surface area contributed by atoms with Crippen LogP contribution in [0.1, 0.15) is 16.7 Å². The van der Waals surface area contributed by atoms with Gasteiger partial charge in [-0.3, -0.25) is 4.79 Å². The summed E-state index contributed by atoms with van der Waals surface area (Å²) >= 11 is 3.48. The lowest BCUT2D eigenvalue weighted by Crippen LogP contribution is -2.26. The zero-order chi connectivity index (χ0) is 25.6. The van der Waals surface area contributed by atoms with Gasteiger partial charge < -0.3 is 15.0 Å². The van der Waals surface area contributed by atoms with Gasteiger partial charge in [-0.1, -0.05) is 70.5 Å². The number of H-pyrrole nitrogens is 1. The number of hydrogen-bond acceptors (Lipinski definition) is 3. The summed E-state index contributed by atoms with van der Waals surface area (Å²) in [5, 5.41) is 16.0. The Hall–Kier alpha value is -4.34. The molecule has 0 atom stereocenters. The molecule has 37 heavy (non-hydrogen) atoms. The average molecular weight is 550 g/mol. The second-order valence-electron chi connectivity index (χ2n) is 8.69. The molecule has 1 aromatic heterocycles. The van der Waals surface area contributed by atoms with Gasteiger partial charge in [0.25, 0.3) is 5.91 Å². The first kappa shape index (κ1) is 24.4. The second-order valence-corrected chi connectivity index (χ2v) is 9.60. The van der Waals surface area contributed by atoms with Gasteiger partial charge in [-0.2, -0.15) is 5.26 Å². The molecule has 0 spiro atoms. The first-order chi connectivity index (χ1) is 18.1. The summed E-state index contributed by atoms with van der Waals surface area (Å²) in [7, 11) is 0. The highest BCUT2D eigenvalue weighted by molar-refractivity contribution is 9.10. The minimum atomic E-state index is -0.414. The normalized spacial score (nSPS) is 11.4. The fourth-order valence-electron chi connectivity index (χ4n) is 4.30. The van der Waals surface area contributed by atoms with Gasteiger partial charge in [0.2, 0.25) is 0 Å². The van der Waals surface area contributed by atoms with Crippen molar-refractivity contribution >= 4 is 49.6 Å². The summed E-state index contributed by atoms with van der Waals surface area (Å²) in [6.07, 6.45) is 4.19. The van der Waals surface area contributed by atoms with E-state index < -0.39 is 5.91 Å². The molecule has 0 fully saturated rings. The van der Waals surface area contributed by atoms with Crippen LogP contribution in [0.15, 0.2) is 101 Å². The molecule has 6 heteroatoms. The number of nitriles is 1. The van der Waals surface area contributed by atoms with Gasteiger partial charge in [-0.25, -0.2) is 0 Å². The van der Waals surface area contributed by atoms with Crippen molar-refractivity contribution < 1.29 is 9.53 Å². The molecule has 5 rings (SSSR count). The fourth-order valence-corrected chi connectivity index (χ4v) is 4.68. The van der Waals surface area contributed by atoms with Gasteiger partial charge in [0.1, 0.15) is 24.0 Å². The zero-order valence-corrected chi connectivity index (χ0v) is 21.6. The standard InChI is InChI=1S/C31H24BrN3O2/c32-27-11-12-30(37-20-21-9-10-22-5-1-2-6-23(22)15-21)25(17-27)16-26(18-33)31(36)34-14-13-24-19-35-29-8-4-3-7-28(24)29/h1-12,15-17,19,35H,13-14,20H2,(H,34,36)/b26-16-. The number of nitrogens with one attached hydrogen (secondary N) is 2. The van der Waals surface area contributed by atoms with Crippen LogP contribution in [0.3, 0.4) is 0 Å². The minimum absolute atomic E-state index is 0.0209. The Morgan fingerprint density at radius 2 is 1.81 bits per heavy atom. The predicted molar refractivity (Wildman–Crippen MR) is 151 cm³/mol. The third-order valence-corrected chi connectivity index (χ3v) is 6.69. The summed E-state index contributed by atoms with van der Waals surface area (Å²) < 4.78 is 6.94. The highest BCUT2D eigenvalue weighted by atomic mass is 79.9. The Morgan fingerprint density at radius 1 is 1.00 bits per heavy atom. The van der Waals surface area contributed by atoms with Gasteiger partial charge in [-0.05, 0) is 64.7 Å². The lowest BCUT2D eigenvalue weighted by Gasteiger charge is -2.11. The summed E-state index contributed by atoms with van der Waals surface area (Å²) in [6, 6.07) is 30.0. The number of benzene rings is 4. The van der Waals surface area contributed by atoms with Crippen LogP contribution in [0.2, 0.25) is 0 Å². The van der Waals surface area contributed by atoms with E-state index in [-0.39, 0.29) is 5.57 Å². The fraction of sp³-hybridized carbons (Fsp3) is 0.0968. The third-order valence-electron chi connectivity index (χ3n) is 6.20. The average Bonchev–Trinajstić information content (AvgIpc) is 3.34. The van der Waals surface area contributed by atoms with Crippen LogP contribution in [-0.4, -0.2) is 17.4 Å². The number of carbonyl (C=O) groups excluding carboxylic acids is 1. The molecule has 4 aromatic carbocycles. The molecule has 182 valence electrons. The molecule has 0 unspecified atom stereocenters. The summed E-state index contributed by atoms with van der Waals surface area (Å²) in [4.78, 5) is 16.1. The molecule has 1 heterocycles. The quantitative estimate of drug-likeness (QED) is 0.163. The number of carbonyl (C=O) groups is 1. The van der Waals surface area contributed by atoms with Crippen LogP contribution in [-0.2, 0) is 17.8 Å². The Balaban J connectivity index is 1.28. The van der Waals surface area contributed by atoms with E-state index >= 15 is 0 Å². The number of aromatic nitrogens is 1. The van der Waals surface area contributed by atoms with Crippen LogP contribution >= 0.6 is 15.9 Å². The molecular weight excluding hydrogens is 526 g/mol. The topological polar surface area (TPSA) is 77.9 Å².